The maximum absolute atomic E-state index is 11.0. The average molecular weight is 227 g/mol. The summed E-state index contributed by atoms with van der Waals surface area (Å²) < 4.78 is 5.37. The van der Waals surface area contributed by atoms with E-state index in [1.54, 1.807) is 0 Å². The van der Waals surface area contributed by atoms with Crippen LogP contribution in [-0.4, -0.2) is 48.8 Å². The van der Waals surface area contributed by atoms with Crippen molar-refractivity contribution in [1.29, 1.82) is 0 Å². The molecule has 0 spiro atoms. The molecule has 4 nitrogen and oxygen atoms in total. The lowest BCUT2D eigenvalue weighted by atomic mass is 9.81. The van der Waals surface area contributed by atoms with Gasteiger partial charge in [-0.05, 0) is 45.2 Å². The van der Waals surface area contributed by atoms with Crippen LogP contribution in [0.3, 0.4) is 0 Å². The second-order valence-electron chi connectivity index (χ2n) is 5.06. The summed E-state index contributed by atoms with van der Waals surface area (Å²) in [6.07, 6.45) is 3.78. The minimum atomic E-state index is -0.620. The summed E-state index contributed by atoms with van der Waals surface area (Å²) in [5.74, 6) is -0.130. The van der Waals surface area contributed by atoms with Crippen molar-refractivity contribution in [2.75, 3.05) is 26.8 Å². The van der Waals surface area contributed by atoms with Crippen LogP contribution in [0.25, 0.3) is 0 Å². The third-order valence-electron chi connectivity index (χ3n) is 4.08. The molecule has 0 bridgehead atoms. The molecular formula is C12H21NO3. The van der Waals surface area contributed by atoms with Crippen LogP contribution in [0.1, 0.15) is 25.7 Å². The Labute approximate surface area is 96.6 Å². The number of carboxylic acids is 1. The molecule has 2 rings (SSSR count). The number of ether oxygens (including phenoxy) is 1. The van der Waals surface area contributed by atoms with Gasteiger partial charge in [0, 0.05) is 19.3 Å². The van der Waals surface area contributed by atoms with E-state index in [1.165, 1.54) is 0 Å². The van der Waals surface area contributed by atoms with Crippen molar-refractivity contribution in [2.45, 2.75) is 31.7 Å². The summed E-state index contributed by atoms with van der Waals surface area (Å²) >= 11 is 0. The fraction of sp³-hybridized carbons (Fsp3) is 0.917. The second kappa shape index (κ2) is 5.15. The van der Waals surface area contributed by atoms with Gasteiger partial charge >= 0.3 is 5.97 Å². The minimum Gasteiger partial charge on any atom is -0.481 e. The van der Waals surface area contributed by atoms with Crippen molar-refractivity contribution in [1.82, 2.24) is 4.90 Å². The predicted octanol–water partition coefficient (Wildman–Crippen LogP) is 1.21. The van der Waals surface area contributed by atoms with E-state index in [9.17, 15) is 4.79 Å². The van der Waals surface area contributed by atoms with Crippen LogP contribution < -0.4 is 0 Å². The molecule has 0 aromatic heterocycles. The number of hydrogen-bond donors (Lipinski definition) is 1. The molecule has 2 heterocycles. The van der Waals surface area contributed by atoms with Crippen molar-refractivity contribution in [3.05, 3.63) is 0 Å². The first-order valence-corrected chi connectivity index (χ1v) is 6.19. The van der Waals surface area contributed by atoms with Crippen molar-refractivity contribution in [3.8, 4) is 0 Å². The molecule has 2 unspecified atom stereocenters. The first kappa shape index (κ1) is 11.9. The van der Waals surface area contributed by atoms with Crippen molar-refractivity contribution < 1.29 is 14.6 Å². The van der Waals surface area contributed by atoms with E-state index in [-0.39, 0.29) is 5.92 Å². The fourth-order valence-corrected chi connectivity index (χ4v) is 2.99. The van der Waals surface area contributed by atoms with Crippen LogP contribution >= 0.6 is 0 Å². The lowest BCUT2D eigenvalue weighted by molar-refractivity contribution is -0.144. The van der Waals surface area contributed by atoms with Gasteiger partial charge in [0.25, 0.3) is 0 Å². The quantitative estimate of drug-likeness (QED) is 0.770. The molecule has 2 atom stereocenters. The van der Waals surface area contributed by atoms with Gasteiger partial charge in [-0.2, -0.15) is 0 Å². The largest absolute Gasteiger partial charge is 0.481 e. The molecule has 4 heteroatoms. The van der Waals surface area contributed by atoms with E-state index in [2.05, 4.69) is 11.9 Å². The molecule has 2 aliphatic heterocycles. The van der Waals surface area contributed by atoms with Crippen LogP contribution in [0.15, 0.2) is 0 Å². The third kappa shape index (κ3) is 2.55. The first-order valence-electron chi connectivity index (χ1n) is 6.19. The molecule has 16 heavy (non-hydrogen) atoms. The predicted molar refractivity (Wildman–Crippen MR) is 60.3 cm³/mol. The van der Waals surface area contributed by atoms with Crippen LogP contribution in [0, 0.1) is 11.8 Å². The van der Waals surface area contributed by atoms with E-state index >= 15 is 0 Å². The number of hydrogen-bond acceptors (Lipinski definition) is 3. The number of rotatable bonds is 2. The van der Waals surface area contributed by atoms with E-state index < -0.39 is 5.97 Å². The smallest absolute Gasteiger partial charge is 0.306 e. The summed E-state index contributed by atoms with van der Waals surface area (Å²) in [4.78, 5) is 13.4. The van der Waals surface area contributed by atoms with E-state index in [4.69, 9.17) is 9.84 Å². The zero-order valence-electron chi connectivity index (χ0n) is 9.89. The van der Waals surface area contributed by atoms with Gasteiger partial charge in [-0.1, -0.05) is 0 Å². The summed E-state index contributed by atoms with van der Waals surface area (Å²) in [7, 11) is 2.12. The molecule has 0 aliphatic carbocycles. The Hall–Kier alpha value is -0.610. The number of likely N-dealkylation sites (tertiary alicyclic amines) is 1. The number of carbonyl (C=O) groups is 1. The highest BCUT2D eigenvalue weighted by atomic mass is 16.5. The van der Waals surface area contributed by atoms with Gasteiger partial charge in [0.2, 0.25) is 0 Å². The SMILES string of the molecule is CN1CCC(C(=O)O)CC1C1CCOCC1. The van der Waals surface area contributed by atoms with E-state index in [0.717, 1.165) is 45.4 Å². The Balaban J connectivity index is 1.97. The molecule has 2 fully saturated rings. The van der Waals surface area contributed by atoms with Gasteiger partial charge in [-0.3, -0.25) is 4.79 Å². The zero-order valence-corrected chi connectivity index (χ0v) is 9.89. The second-order valence-corrected chi connectivity index (χ2v) is 5.06. The lowest BCUT2D eigenvalue weighted by Crippen LogP contribution is -2.47. The summed E-state index contributed by atoms with van der Waals surface area (Å²) in [6.45, 7) is 2.60. The molecule has 0 radical (unpaired) electrons. The van der Waals surface area contributed by atoms with Gasteiger partial charge < -0.3 is 14.7 Å². The van der Waals surface area contributed by atoms with Gasteiger partial charge in [-0.15, -0.1) is 0 Å². The highest BCUT2D eigenvalue weighted by Crippen LogP contribution is 2.31. The molecule has 1 N–H and O–H groups in total. The van der Waals surface area contributed by atoms with Crippen molar-refractivity contribution >= 4 is 5.97 Å². The molecule has 2 aliphatic rings. The first-order chi connectivity index (χ1) is 7.68. The van der Waals surface area contributed by atoms with E-state index in [1.807, 2.05) is 0 Å². The number of nitrogens with zero attached hydrogens (tertiary/aromatic N) is 1. The Morgan fingerprint density at radius 2 is 2.00 bits per heavy atom. The maximum Gasteiger partial charge on any atom is 0.306 e. The van der Waals surface area contributed by atoms with Gasteiger partial charge in [0.15, 0.2) is 0 Å². The molecule has 2 saturated heterocycles. The fourth-order valence-electron chi connectivity index (χ4n) is 2.99. The Kier molecular flexibility index (Phi) is 3.82. The van der Waals surface area contributed by atoms with Crippen LogP contribution in [0.4, 0.5) is 0 Å². The molecule has 0 aromatic rings. The topological polar surface area (TPSA) is 49.8 Å². The zero-order chi connectivity index (χ0) is 11.5. The monoisotopic (exact) mass is 227 g/mol. The third-order valence-corrected chi connectivity index (χ3v) is 4.08. The molecule has 92 valence electrons. The standard InChI is InChI=1S/C12H21NO3/c1-13-5-2-10(12(14)15)8-11(13)9-3-6-16-7-4-9/h9-11H,2-8H2,1H3,(H,14,15). The molecular weight excluding hydrogens is 206 g/mol. The van der Waals surface area contributed by atoms with Crippen LogP contribution in [0.5, 0.6) is 0 Å². The summed E-state index contributed by atoms with van der Waals surface area (Å²) in [5.41, 5.74) is 0. The highest BCUT2D eigenvalue weighted by molar-refractivity contribution is 5.70. The number of aliphatic carboxylic acids is 1. The molecule has 0 amide bonds. The van der Waals surface area contributed by atoms with Gasteiger partial charge in [0.1, 0.15) is 0 Å². The normalized spacial score (nSPS) is 33.8. The molecule has 0 aromatic carbocycles. The van der Waals surface area contributed by atoms with Crippen LogP contribution in [-0.2, 0) is 9.53 Å². The van der Waals surface area contributed by atoms with Gasteiger partial charge in [-0.25, -0.2) is 0 Å². The van der Waals surface area contributed by atoms with Crippen molar-refractivity contribution in [2.24, 2.45) is 11.8 Å². The minimum absolute atomic E-state index is 0.135. The Morgan fingerprint density at radius 1 is 1.31 bits per heavy atom. The van der Waals surface area contributed by atoms with Gasteiger partial charge in [0.05, 0.1) is 5.92 Å². The van der Waals surface area contributed by atoms with Crippen LogP contribution in [0.2, 0.25) is 0 Å². The van der Waals surface area contributed by atoms with Crippen molar-refractivity contribution in [3.63, 3.8) is 0 Å². The lowest BCUT2D eigenvalue weighted by Gasteiger charge is -2.41. The Bertz CT molecular complexity index is 251. The average Bonchev–Trinajstić information content (AvgIpc) is 2.30. The highest BCUT2D eigenvalue weighted by Gasteiger charge is 2.35. The summed E-state index contributed by atoms with van der Waals surface area (Å²) in [6, 6.07) is 0.443. The van der Waals surface area contributed by atoms with E-state index in [0.29, 0.717) is 12.0 Å². The molecule has 0 saturated carbocycles. The summed E-state index contributed by atoms with van der Waals surface area (Å²) in [5, 5.41) is 9.10. The number of carboxylic acid groups (broad SMARTS) is 1. The maximum atomic E-state index is 11.0. The number of piperidine rings is 1. The Morgan fingerprint density at radius 3 is 2.62 bits per heavy atom.